The van der Waals surface area contributed by atoms with Gasteiger partial charge in [-0.05, 0) is 59.7 Å². The second-order valence-electron chi connectivity index (χ2n) is 7.65. The first-order chi connectivity index (χ1) is 17.8. The third-order valence-corrected chi connectivity index (χ3v) is 6.47. The molecule has 0 aliphatic carbocycles. The van der Waals surface area contributed by atoms with Crippen molar-refractivity contribution in [3.8, 4) is 11.5 Å². The van der Waals surface area contributed by atoms with E-state index in [1.807, 2.05) is 30.3 Å². The number of rotatable bonds is 9. The third-order valence-electron chi connectivity index (χ3n) is 5.22. The Morgan fingerprint density at radius 3 is 2.46 bits per heavy atom. The fourth-order valence-electron chi connectivity index (χ4n) is 3.49. The molecule has 0 unspecified atom stereocenters. The molecule has 4 aromatic carbocycles. The van der Waals surface area contributed by atoms with Crippen LogP contribution in [0.3, 0.4) is 0 Å². The molecule has 0 heterocycles. The van der Waals surface area contributed by atoms with E-state index < -0.39 is 15.0 Å². The lowest BCUT2D eigenvalue weighted by atomic mass is 10.0. The number of hydrogen-bond acceptors (Lipinski definition) is 8. The summed E-state index contributed by atoms with van der Waals surface area (Å²) in [4.78, 5) is 22.6. The Bertz CT molecular complexity index is 1600. The molecule has 0 atom stereocenters. The zero-order valence-electron chi connectivity index (χ0n) is 19.5. The standard InChI is InChI=1S/C26H21N3O7S/c1-2-35-25-16-18(17-27-28-26(30)23-9-5-7-19-6-3-4-8-22(19)23)10-15-24(25)36-37(33,34)21-13-11-20(12-14-21)29(31)32/h3-17H,2H2,1H3,(H,28,30)/b27-17-. The van der Waals surface area contributed by atoms with Gasteiger partial charge in [0, 0.05) is 17.7 Å². The van der Waals surface area contributed by atoms with Gasteiger partial charge in [0.15, 0.2) is 11.5 Å². The van der Waals surface area contributed by atoms with Crippen LogP contribution in [0.25, 0.3) is 10.8 Å². The van der Waals surface area contributed by atoms with E-state index in [0.29, 0.717) is 11.1 Å². The average Bonchev–Trinajstić information content (AvgIpc) is 2.89. The molecule has 11 heteroatoms. The Morgan fingerprint density at radius 1 is 1.00 bits per heavy atom. The molecule has 0 fully saturated rings. The van der Waals surface area contributed by atoms with Crippen molar-refractivity contribution >= 4 is 38.7 Å². The zero-order valence-corrected chi connectivity index (χ0v) is 20.3. The van der Waals surface area contributed by atoms with Gasteiger partial charge in [-0.2, -0.15) is 13.5 Å². The number of nitro benzene ring substituents is 1. The van der Waals surface area contributed by atoms with Gasteiger partial charge in [-0.25, -0.2) is 5.43 Å². The van der Waals surface area contributed by atoms with Crippen LogP contribution in [0, 0.1) is 10.1 Å². The lowest BCUT2D eigenvalue weighted by molar-refractivity contribution is -0.384. The van der Waals surface area contributed by atoms with Gasteiger partial charge in [0.05, 0.1) is 17.7 Å². The predicted octanol–water partition coefficient (Wildman–Crippen LogP) is 4.68. The summed E-state index contributed by atoms with van der Waals surface area (Å²) in [6.07, 6.45) is 1.39. The first-order valence-electron chi connectivity index (χ1n) is 11.1. The zero-order chi connectivity index (χ0) is 26.4. The number of amides is 1. The fraction of sp³-hybridized carbons (Fsp3) is 0.0769. The first-order valence-corrected chi connectivity index (χ1v) is 12.5. The van der Waals surface area contributed by atoms with Gasteiger partial charge < -0.3 is 8.92 Å². The van der Waals surface area contributed by atoms with Crippen molar-refractivity contribution in [2.45, 2.75) is 11.8 Å². The first kappa shape index (κ1) is 25.3. The molecule has 10 nitrogen and oxygen atoms in total. The third kappa shape index (κ3) is 5.90. The predicted molar refractivity (Wildman–Crippen MR) is 138 cm³/mol. The number of nitro groups is 1. The van der Waals surface area contributed by atoms with E-state index in [4.69, 9.17) is 8.92 Å². The molecule has 0 aliphatic rings. The van der Waals surface area contributed by atoms with Gasteiger partial charge in [-0.15, -0.1) is 0 Å². The SMILES string of the molecule is CCOc1cc(/C=N\NC(=O)c2cccc3ccccc23)ccc1OS(=O)(=O)c1ccc([N+](=O)[O-])cc1. The van der Waals surface area contributed by atoms with Crippen LogP contribution in [0.1, 0.15) is 22.8 Å². The molecule has 1 amide bonds. The highest BCUT2D eigenvalue weighted by Gasteiger charge is 2.21. The summed E-state index contributed by atoms with van der Waals surface area (Å²) >= 11 is 0. The van der Waals surface area contributed by atoms with Gasteiger partial charge in [-0.3, -0.25) is 14.9 Å². The fourth-order valence-corrected chi connectivity index (χ4v) is 4.43. The highest BCUT2D eigenvalue weighted by atomic mass is 32.2. The molecular formula is C26H21N3O7S. The lowest BCUT2D eigenvalue weighted by Gasteiger charge is -2.12. The van der Waals surface area contributed by atoms with Gasteiger partial charge in [0.25, 0.3) is 11.6 Å². The van der Waals surface area contributed by atoms with Crippen LogP contribution in [-0.2, 0) is 10.1 Å². The molecule has 0 spiro atoms. The van der Waals surface area contributed by atoms with Crippen LogP contribution in [0.5, 0.6) is 11.5 Å². The summed E-state index contributed by atoms with van der Waals surface area (Å²) < 4.78 is 36.1. The quantitative estimate of drug-likeness (QED) is 0.147. The molecule has 0 aromatic heterocycles. The Balaban J connectivity index is 1.50. The van der Waals surface area contributed by atoms with E-state index in [1.165, 1.54) is 24.4 Å². The number of ether oxygens (including phenoxy) is 1. The lowest BCUT2D eigenvalue weighted by Crippen LogP contribution is -2.17. The summed E-state index contributed by atoms with van der Waals surface area (Å²) in [6, 6.07) is 21.7. The number of non-ortho nitro benzene ring substituents is 1. The van der Waals surface area contributed by atoms with Crippen molar-refractivity contribution in [2.24, 2.45) is 5.10 Å². The van der Waals surface area contributed by atoms with E-state index in [9.17, 15) is 23.3 Å². The molecule has 37 heavy (non-hydrogen) atoms. The molecule has 1 N–H and O–H groups in total. The van der Waals surface area contributed by atoms with Crippen molar-refractivity contribution in [3.63, 3.8) is 0 Å². The maximum atomic E-state index is 12.7. The Labute approximate surface area is 212 Å². The van der Waals surface area contributed by atoms with E-state index in [2.05, 4.69) is 10.5 Å². The van der Waals surface area contributed by atoms with Gasteiger partial charge in [-0.1, -0.05) is 36.4 Å². The van der Waals surface area contributed by atoms with Gasteiger partial charge in [0.1, 0.15) is 4.90 Å². The van der Waals surface area contributed by atoms with Crippen molar-refractivity contribution < 1.29 is 27.1 Å². The molecular weight excluding hydrogens is 498 g/mol. The van der Waals surface area contributed by atoms with Crippen LogP contribution < -0.4 is 14.3 Å². The number of carbonyl (C=O) groups excluding carboxylic acids is 1. The number of benzene rings is 4. The minimum Gasteiger partial charge on any atom is -0.490 e. The number of hydrogen-bond donors (Lipinski definition) is 1. The molecule has 0 radical (unpaired) electrons. The van der Waals surface area contributed by atoms with Crippen LogP contribution in [-0.4, -0.2) is 32.1 Å². The summed E-state index contributed by atoms with van der Waals surface area (Å²) in [7, 11) is -4.28. The molecule has 0 aliphatic heterocycles. The number of fused-ring (bicyclic) bond motifs is 1. The summed E-state index contributed by atoms with van der Waals surface area (Å²) in [5, 5.41) is 16.5. The minimum absolute atomic E-state index is 0.0721. The second-order valence-corrected chi connectivity index (χ2v) is 9.20. The maximum Gasteiger partial charge on any atom is 0.339 e. The Kier molecular flexibility index (Phi) is 7.44. The summed E-state index contributed by atoms with van der Waals surface area (Å²) in [6.45, 7) is 1.95. The molecule has 188 valence electrons. The molecule has 0 saturated heterocycles. The molecule has 0 saturated carbocycles. The number of hydrazone groups is 1. The van der Waals surface area contributed by atoms with Gasteiger partial charge >= 0.3 is 10.1 Å². The van der Waals surface area contributed by atoms with Gasteiger partial charge in [0.2, 0.25) is 0 Å². The number of carbonyl (C=O) groups is 1. The Hall–Kier alpha value is -4.77. The minimum atomic E-state index is -4.28. The summed E-state index contributed by atoms with van der Waals surface area (Å²) in [5.74, 6) is -0.318. The van der Waals surface area contributed by atoms with Crippen LogP contribution >= 0.6 is 0 Å². The second kappa shape index (κ2) is 10.9. The molecule has 4 aromatic rings. The van der Waals surface area contributed by atoms with E-state index in [0.717, 1.165) is 35.0 Å². The normalized spacial score (nSPS) is 11.4. The van der Waals surface area contributed by atoms with Crippen molar-refractivity contribution in [1.29, 1.82) is 0 Å². The molecule has 4 rings (SSSR count). The van der Waals surface area contributed by atoms with Crippen molar-refractivity contribution in [2.75, 3.05) is 6.61 Å². The smallest absolute Gasteiger partial charge is 0.339 e. The maximum absolute atomic E-state index is 12.7. The highest BCUT2D eigenvalue weighted by molar-refractivity contribution is 7.87. The van der Waals surface area contributed by atoms with Crippen molar-refractivity contribution in [1.82, 2.24) is 5.43 Å². The summed E-state index contributed by atoms with van der Waals surface area (Å²) in [5.41, 5.74) is 3.24. The van der Waals surface area contributed by atoms with Crippen molar-refractivity contribution in [3.05, 3.63) is 106 Å². The van der Waals surface area contributed by atoms with Crippen LogP contribution in [0.15, 0.2) is 94.9 Å². The number of nitrogens with one attached hydrogen (secondary N) is 1. The topological polar surface area (TPSA) is 137 Å². The van der Waals surface area contributed by atoms with E-state index >= 15 is 0 Å². The largest absolute Gasteiger partial charge is 0.490 e. The van der Waals surface area contributed by atoms with Crippen LogP contribution in [0.4, 0.5) is 5.69 Å². The molecule has 0 bridgehead atoms. The average molecular weight is 520 g/mol. The van der Waals surface area contributed by atoms with E-state index in [1.54, 1.807) is 19.1 Å². The van der Waals surface area contributed by atoms with E-state index in [-0.39, 0.29) is 34.6 Å². The number of nitrogens with zero attached hydrogens (tertiary/aromatic N) is 2. The highest BCUT2D eigenvalue weighted by Crippen LogP contribution is 2.31. The van der Waals surface area contributed by atoms with Crippen LogP contribution in [0.2, 0.25) is 0 Å². The Morgan fingerprint density at radius 2 is 1.73 bits per heavy atom. The monoisotopic (exact) mass is 519 g/mol.